The van der Waals surface area contributed by atoms with Gasteiger partial charge in [-0.2, -0.15) is 8.42 Å². The highest BCUT2D eigenvalue weighted by Gasteiger charge is 2.19. The second-order valence-corrected chi connectivity index (χ2v) is 9.06. The molecule has 0 aliphatic heterocycles. The summed E-state index contributed by atoms with van der Waals surface area (Å²) in [7, 11) is -4.05. The summed E-state index contributed by atoms with van der Waals surface area (Å²) in [6.45, 7) is 3.76. The zero-order valence-electron chi connectivity index (χ0n) is 17.9. The molecule has 4 aromatic rings. The molecule has 3 aromatic carbocycles. The summed E-state index contributed by atoms with van der Waals surface area (Å²) in [5.74, 6) is 0.108. The number of hydrogen-bond acceptors (Lipinski definition) is 6. The Bertz CT molecular complexity index is 1490. The van der Waals surface area contributed by atoms with Crippen molar-refractivity contribution < 1.29 is 17.5 Å². The second-order valence-electron chi connectivity index (χ2n) is 7.51. The van der Waals surface area contributed by atoms with Crippen LogP contribution < -0.4 is 4.18 Å². The molecule has 33 heavy (non-hydrogen) atoms. The van der Waals surface area contributed by atoms with Crippen LogP contribution in [0.15, 0.2) is 77.7 Å². The Morgan fingerprint density at radius 2 is 1.64 bits per heavy atom. The van der Waals surface area contributed by atoms with Gasteiger partial charge in [-0.1, -0.05) is 42.0 Å². The Morgan fingerprint density at radius 3 is 2.36 bits per heavy atom. The second kappa shape index (κ2) is 8.84. The lowest BCUT2D eigenvalue weighted by Gasteiger charge is -2.11. The minimum atomic E-state index is -4.05. The molecule has 0 aliphatic rings. The summed E-state index contributed by atoms with van der Waals surface area (Å²) in [4.78, 5) is 15.4. The molecule has 0 N–H and O–H groups in total. The number of para-hydroxylation sites is 1. The number of aromatic nitrogens is 1. The lowest BCUT2D eigenvalue weighted by atomic mass is 10.1. The van der Waals surface area contributed by atoms with Crippen LogP contribution in [0.2, 0.25) is 0 Å². The summed E-state index contributed by atoms with van der Waals surface area (Å²) in [6.07, 6.45) is 3.24. The van der Waals surface area contributed by atoms with Crippen molar-refractivity contribution in [2.75, 3.05) is 0 Å². The van der Waals surface area contributed by atoms with E-state index < -0.39 is 15.0 Å². The molecule has 0 amide bonds. The van der Waals surface area contributed by atoms with Gasteiger partial charge in [0.2, 0.25) is 0 Å². The van der Waals surface area contributed by atoms with Crippen molar-refractivity contribution in [3.8, 4) is 5.75 Å². The molecule has 4 rings (SSSR count). The topological polar surface area (TPSA) is 99.4 Å². The first-order valence-corrected chi connectivity index (χ1v) is 11.5. The van der Waals surface area contributed by atoms with E-state index in [0.717, 1.165) is 16.5 Å². The molecular formula is C25H20N2O5S. The van der Waals surface area contributed by atoms with Crippen LogP contribution in [0.25, 0.3) is 23.1 Å². The SMILES string of the molecule is Cc1ccc(S(=O)(=O)Oc2ccc(C)c3ccc(C=Cc4ccccc4[N+](=O)[O-])nc23)cc1. The molecule has 1 aromatic heterocycles. The van der Waals surface area contributed by atoms with E-state index in [1.807, 2.05) is 19.9 Å². The lowest BCUT2D eigenvalue weighted by Crippen LogP contribution is -2.10. The molecule has 8 heteroatoms. The fourth-order valence-electron chi connectivity index (χ4n) is 3.35. The van der Waals surface area contributed by atoms with Gasteiger partial charge in [-0.05, 0) is 61.9 Å². The van der Waals surface area contributed by atoms with Crippen LogP contribution in [-0.4, -0.2) is 18.3 Å². The minimum Gasteiger partial charge on any atom is -0.377 e. The Kier molecular flexibility index (Phi) is 5.93. The molecular weight excluding hydrogens is 440 g/mol. The maximum atomic E-state index is 12.8. The fourth-order valence-corrected chi connectivity index (χ4v) is 4.29. The van der Waals surface area contributed by atoms with Crippen LogP contribution in [0.3, 0.4) is 0 Å². The van der Waals surface area contributed by atoms with Crippen molar-refractivity contribution >= 4 is 38.9 Å². The van der Waals surface area contributed by atoms with Gasteiger partial charge in [0.15, 0.2) is 5.75 Å². The van der Waals surface area contributed by atoms with E-state index >= 15 is 0 Å². The van der Waals surface area contributed by atoms with Gasteiger partial charge in [-0.25, -0.2) is 4.98 Å². The molecule has 0 saturated heterocycles. The predicted molar refractivity (Wildman–Crippen MR) is 127 cm³/mol. The van der Waals surface area contributed by atoms with Gasteiger partial charge < -0.3 is 4.18 Å². The fraction of sp³-hybridized carbons (Fsp3) is 0.0800. The first-order chi connectivity index (χ1) is 15.7. The highest BCUT2D eigenvalue weighted by atomic mass is 32.2. The third-order valence-corrected chi connectivity index (χ3v) is 6.38. The number of aryl methyl sites for hydroxylation is 2. The summed E-state index contributed by atoms with van der Waals surface area (Å²) in [5.41, 5.74) is 3.16. The number of pyridine rings is 1. The van der Waals surface area contributed by atoms with Crippen molar-refractivity contribution in [2.45, 2.75) is 18.7 Å². The van der Waals surface area contributed by atoms with Crippen molar-refractivity contribution in [3.05, 3.63) is 105 Å². The van der Waals surface area contributed by atoms with Crippen LogP contribution in [0.4, 0.5) is 5.69 Å². The Balaban J connectivity index is 1.74. The Morgan fingerprint density at radius 1 is 0.909 bits per heavy atom. The molecule has 0 saturated carbocycles. The molecule has 7 nitrogen and oxygen atoms in total. The minimum absolute atomic E-state index is 0.0152. The van der Waals surface area contributed by atoms with Crippen molar-refractivity contribution in [2.24, 2.45) is 0 Å². The van der Waals surface area contributed by atoms with Gasteiger partial charge in [0.05, 0.1) is 16.2 Å². The normalized spacial score (nSPS) is 11.7. The molecule has 166 valence electrons. The summed E-state index contributed by atoms with van der Waals surface area (Å²) < 4.78 is 31.1. The van der Waals surface area contributed by atoms with Crippen LogP contribution >= 0.6 is 0 Å². The molecule has 0 aliphatic carbocycles. The van der Waals surface area contributed by atoms with Gasteiger partial charge in [0, 0.05) is 11.5 Å². The van der Waals surface area contributed by atoms with E-state index in [4.69, 9.17) is 4.18 Å². The molecule has 0 fully saturated rings. The third kappa shape index (κ3) is 4.75. The van der Waals surface area contributed by atoms with Crippen molar-refractivity contribution in [1.82, 2.24) is 4.98 Å². The van der Waals surface area contributed by atoms with E-state index in [1.165, 1.54) is 18.2 Å². The van der Waals surface area contributed by atoms with E-state index in [2.05, 4.69) is 4.98 Å². The molecule has 0 radical (unpaired) electrons. The Labute approximate surface area is 191 Å². The number of hydrogen-bond donors (Lipinski definition) is 0. The number of nitrogens with zero attached hydrogens (tertiary/aromatic N) is 2. The molecule has 0 unspecified atom stereocenters. The largest absolute Gasteiger partial charge is 0.377 e. The average Bonchev–Trinajstić information content (AvgIpc) is 2.80. The van der Waals surface area contributed by atoms with E-state index in [1.54, 1.807) is 60.7 Å². The summed E-state index contributed by atoms with van der Waals surface area (Å²) in [5, 5.41) is 12.0. The zero-order chi connectivity index (χ0) is 23.6. The monoisotopic (exact) mass is 460 g/mol. The van der Waals surface area contributed by atoms with Crippen LogP contribution in [0.5, 0.6) is 5.75 Å². The number of fused-ring (bicyclic) bond motifs is 1. The maximum absolute atomic E-state index is 12.8. The third-order valence-electron chi connectivity index (χ3n) is 5.14. The van der Waals surface area contributed by atoms with Gasteiger partial charge >= 0.3 is 10.1 Å². The highest BCUT2D eigenvalue weighted by molar-refractivity contribution is 7.87. The quantitative estimate of drug-likeness (QED) is 0.208. The summed E-state index contributed by atoms with van der Waals surface area (Å²) >= 11 is 0. The van der Waals surface area contributed by atoms with Crippen molar-refractivity contribution in [1.29, 1.82) is 0 Å². The number of rotatable bonds is 6. The van der Waals surface area contributed by atoms with Crippen LogP contribution in [0.1, 0.15) is 22.4 Å². The zero-order valence-corrected chi connectivity index (χ0v) is 18.7. The van der Waals surface area contributed by atoms with Gasteiger partial charge in [0.25, 0.3) is 5.69 Å². The van der Waals surface area contributed by atoms with Gasteiger partial charge in [0.1, 0.15) is 10.4 Å². The van der Waals surface area contributed by atoms with Gasteiger partial charge in [-0.3, -0.25) is 10.1 Å². The lowest BCUT2D eigenvalue weighted by molar-refractivity contribution is -0.385. The summed E-state index contributed by atoms with van der Waals surface area (Å²) in [6, 6.07) is 19.7. The van der Waals surface area contributed by atoms with Crippen molar-refractivity contribution in [3.63, 3.8) is 0 Å². The molecule has 0 atom stereocenters. The predicted octanol–water partition coefficient (Wildman–Crippen LogP) is 5.70. The average molecular weight is 461 g/mol. The molecule has 0 bridgehead atoms. The standard InChI is InChI=1S/C25H20N2O5S/c1-17-7-13-21(14-8-17)33(30,31)32-24-16-9-18(2)22-15-12-20(26-25(22)24)11-10-19-5-3-4-6-23(19)27(28)29/h3-16H,1-2H3. The highest BCUT2D eigenvalue weighted by Crippen LogP contribution is 2.30. The first kappa shape index (κ1) is 22.2. The maximum Gasteiger partial charge on any atom is 0.339 e. The van der Waals surface area contributed by atoms with Crippen LogP contribution in [0, 0.1) is 24.0 Å². The number of nitro groups is 1. The van der Waals surface area contributed by atoms with Gasteiger partial charge in [-0.15, -0.1) is 0 Å². The van der Waals surface area contributed by atoms with E-state index in [9.17, 15) is 18.5 Å². The molecule has 0 spiro atoms. The Hall–Kier alpha value is -4.04. The van der Waals surface area contributed by atoms with Crippen LogP contribution in [-0.2, 0) is 10.1 Å². The smallest absolute Gasteiger partial charge is 0.339 e. The first-order valence-electron chi connectivity index (χ1n) is 10.1. The number of nitro benzene ring substituents is 1. The van der Waals surface area contributed by atoms with E-state index in [-0.39, 0.29) is 16.3 Å². The number of benzene rings is 3. The molecule has 1 heterocycles. The van der Waals surface area contributed by atoms with E-state index in [0.29, 0.717) is 16.8 Å².